The lowest BCUT2D eigenvalue weighted by Crippen LogP contribution is -2.08. The molecule has 0 aromatic rings. The molecule has 0 unspecified atom stereocenters. The molecule has 0 heterocycles. The van der Waals surface area contributed by atoms with Gasteiger partial charge in [0, 0.05) is 12.5 Å². The molecule has 0 aliphatic heterocycles. The van der Waals surface area contributed by atoms with Crippen LogP contribution in [0.15, 0.2) is 12.7 Å². The highest BCUT2D eigenvalue weighted by Crippen LogP contribution is 1.92. The molecule has 0 aromatic heterocycles. The van der Waals surface area contributed by atoms with Crippen molar-refractivity contribution in [3.8, 4) is 0 Å². The summed E-state index contributed by atoms with van der Waals surface area (Å²) in [6.07, 6.45) is 1.81. The zero-order valence-electron chi connectivity index (χ0n) is 6.33. The summed E-state index contributed by atoms with van der Waals surface area (Å²) < 4.78 is 0. The molecular weight excluding hydrogens is 148 g/mol. The highest BCUT2D eigenvalue weighted by atomic mass is 17.2. The van der Waals surface area contributed by atoms with E-state index in [0.29, 0.717) is 6.42 Å². The Labute approximate surface area is 64.7 Å². The average molecular weight is 158 g/mol. The van der Waals surface area contributed by atoms with Crippen molar-refractivity contribution in [3.05, 3.63) is 12.7 Å². The minimum absolute atomic E-state index is 0.240. The fourth-order valence-electron chi connectivity index (χ4n) is 0.367. The van der Waals surface area contributed by atoms with E-state index >= 15 is 0 Å². The Kier molecular flexibility index (Phi) is 4.81. The van der Waals surface area contributed by atoms with Crippen LogP contribution in [0.25, 0.3) is 0 Å². The Morgan fingerprint density at radius 3 is 2.55 bits per heavy atom. The largest absolute Gasteiger partial charge is 0.378 e. The lowest BCUT2D eigenvalue weighted by Gasteiger charge is -1.97. The summed E-state index contributed by atoms with van der Waals surface area (Å²) in [6, 6.07) is 0. The van der Waals surface area contributed by atoms with E-state index < -0.39 is 11.9 Å². The van der Waals surface area contributed by atoms with Gasteiger partial charge in [-0.3, -0.25) is 0 Å². The molecule has 0 rings (SSSR count). The molecule has 4 heteroatoms. The molecule has 0 amide bonds. The van der Waals surface area contributed by atoms with Gasteiger partial charge in [0.2, 0.25) is 0 Å². The van der Waals surface area contributed by atoms with Crippen molar-refractivity contribution in [3.63, 3.8) is 0 Å². The molecule has 0 fully saturated rings. The van der Waals surface area contributed by atoms with Gasteiger partial charge in [-0.15, -0.1) is 0 Å². The standard InChI is InChI=1S/C7H10O4/c1-3-5-7(9)11-10-6(8)4-2/h4H,2-3,5H2,1H3. The first-order valence-corrected chi connectivity index (χ1v) is 3.24. The first kappa shape index (κ1) is 9.68. The third kappa shape index (κ3) is 5.14. The SMILES string of the molecule is C=CC(=O)OOC(=O)CCC. The predicted octanol–water partition coefficient (Wildman–Crippen LogP) is 0.974. The zero-order chi connectivity index (χ0) is 8.69. The lowest BCUT2D eigenvalue weighted by atomic mass is 10.3. The maximum Gasteiger partial charge on any atom is 0.378 e. The van der Waals surface area contributed by atoms with Gasteiger partial charge in [-0.1, -0.05) is 13.5 Å². The number of hydrogen-bond acceptors (Lipinski definition) is 4. The van der Waals surface area contributed by atoms with E-state index in [1.165, 1.54) is 0 Å². The van der Waals surface area contributed by atoms with Gasteiger partial charge >= 0.3 is 11.9 Å². The Hall–Kier alpha value is -1.32. The molecule has 0 N–H and O–H groups in total. The van der Waals surface area contributed by atoms with E-state index in [1.807, 2.05) is 6.92 Å². The Balaban J connectivity index is 3.45. The molecule has 0 saturated carbocycles. The van der Waals surface area contributed by atoms with Gasteiger partial charge in [-0.05, 0) is 6.42 Å². The van der Waals surface area contributed by atoms with Gasteiger partial charge in [0.05, 0.1) is 0 Å². The average Bonchev–Trinajstić information content (AvgIpc) is 2.01. The van der Waals surface area contributed by atoms with Gasteiger partial charge in [-0.2, -0.15) is 0 Å². The first-order chi connectivity index (χ1) is 5.20. The topological polar surface area (TPSA) is 52.6 Å². The fraction of sp³-hybridized carbons (Fsp3) is 0.429. The van der Waals surface area contributed by atoms with Crippen LogP contribution in [0, 0.1) is 0 Å². The summed E-state index contributed by atoms with van der Waals surface area (Å²) in [5.41, 5.74) is 0. The van der Waals surface area contributed by atoms with Crippen LogP contribution in [-0.2, 0) is 19.4 Å². The summed E-state index contributed by atoms with van der Waals surface area (Å²) in [6.45, 7) is 4.93. The fourth-order valence-corrected chi connectivity index (χ4v) is 0.367. The minimum atomic E-state index is -0.769. The van der Waals surface area contributed by atoms with Gasteiger partial charge < -0.3 is 0 Å². The molecule has 0 saturated heterocycles. The second-order valence-corrected chi connectivity index (χ2v) is 1.81. The minimum Gasteiger partial charge on any atom is -0.247 e. The summed E-state index contributed by atoms with van der Waals surface area (Å²) in [4.78, 5) is 28.9. The molecule has 62 valence electrons. The third-order valence-corrected chi connectivity index (χ3v) is 0.838. The van der Waals surface area contributed by atoms with E-state index in [9.17, 15) is 9.59 Å². The highest BCUT2D eigenvalue weighted by molar-refractivity contribution is 5.81. The van der Waals surface area contributed by atoms with Crippen molar-refractivity contribution >= 4 is 11.9 Å². The molecule has 0 aliphatic carbocycles. The van der Waals surface area contributed by atoms with Crippen molar-refractivity contribution in [1.29, 1.82) is 0 Å². The number of hydrogen-bond donors (Lipinski definition) is 0. The normalized spacial score (nSPS) is 8.45. The van der Waals surface area contributed by atoms with Crippen molar-refractivity contribution in [2.24, 2.45) is 0 Å². The van der Waals surface area contributed by atoms with E-state index in [2.05, 4.69) is 16.4 Å². The maximum absolute atomic E-state index is 10.5. The molecule has 0 radical (unpaired) electrons. The third-order valence-electron chi connectivity index (χ3n) is 0.838. The van der Waals surface area contributed by atoms with Gasteiger partial charge in [-0.25, -0.2) is 19.4 Å². The molecule has 0 atom stereocenters. The zero-order valence-corrected chi connectivity index (χ0v) is 6.33. The van der Waals surface area contributed by atoms with Crippen molar-refractivity contribution < 1.29 is 19.4 Å². The highest BCUT2D eigenvalue weighted by Gasteiger charge is 2.04. The summed E-state index contributed by atoms with van der Waals surface area (Å²) in [5.74, 6) is -1.32. The predicted molar refractivity (Wildman–Crippen MR) is 37.3 cm³/mol. The van der Waals surface area contributed by atoms with Crippen LogP contribution in [-0.4, -0.2) is 11.9 Å². The quantitative estimate of drug-likeness (QED) is 0.349. The number of rotatable bonds is 3. The molecule has 0 aromatic carbocycles. The van der Waals surface area contributed by atoms with Crippen LogP contribution in [0.1, 0.15) is 19.8 Å². The lowest BCUT2D eigenvalue weighted by molar-refractivity contribution is -0.254. The van der Waals surface area contributed by atoms with E-state index in [-0.39, 0.29) is 6.42 Å². The van der Waals surface area contributed by atoms with Crippen LogP contribution in [0.4, 0.5) is 0 Å². The summed E-state index contributed by atoms with van der Waals surface area (Å²) in [7, 11) is 0. The van der Waals surface area contributed by atoms with Crippen LogP contribution in [0.2, 0.25) is 0 Å². The van der Waals surface area contributed by atoms with Crippen LogP contribution >= 0.6 is 0 Å². The van der Waals surface area contributed by atoms with E-state index in [4.69, 9.17) is 0 Å². The Morgan fingerprint density at radius 2 is 2.09 bits per heavy atom. The second-order valence-electron chi connectivity index (χ2n) is 1.81. The summed E-state index contributed by atoms with van der Waals surface area (Å²) in [5, 5.41) is 0. The van der Waals surface area contributed by atoms with Crippen molar-refractivity contribution in [2.75, 3.05) is 0 Å². The number of carbonyl (C=O) groups excluding carboxylic acids is 2. The molecule has 4 nitrogen and oxygen atoms in total. The van der Waals surface area contributed by atoms with Gasteiger partial charge in [0.25, 0.3) is 0 Å². The monoisotopic (exact) mass is 158 g/mol. The smallest absolute Gasteiger partial charge is 0.247 e. The summed E-state index contributed by atoms with van der Waals surface area (Å²) >= 11 is 0. The first-order valence-electron chi connectivity index (χ1n) is 3.24. The van der Waals surface area contributed by atoms with Crippen LogP contribution < -0.4 is 0 Å². The van der Waals surface area contributed by atoms with E-state index in [1.54, 1.807) is 0 Å². The van der Waals surface area contributed by atoms with E-state index in [0.717, 1.165) is 6.08 Å². The van der Waals surface area contributed by atoms with Crippen molar-refractivity contribution in [2.45, 2.75) is 19.8 Å². The maximum atomic E-state index is 10.5. The van der Waals surface area contributed by atoms with Crippen LogP contribution in [0.3, 0.4) is 0 Å². The van der Waals surface area contributed by atoms with Gasteiger partial charge in [0.15, 0.2) is 0 Å². The molecule has 0 bridgehead atoms. The molecule has 11 heavy (non-hydrogen) atoms. The van der Waals surface area contributed by atoms with Gasteiger partial charge in [0.1, 0.15) is 0 Å². The van der Waals surface area contributed by atoms with Crippen molar-refractivity contribution in [1.82, 2.24) is 0 Å². The molecule has 0 aliphatic rings. The second kappa shape index (κ2) is 5.46. The van der Waals surface area contributed by atoms with Crippen LogP contribution in [0.5, 0.6) is 0 Å². The Morgan fingerprint density at radius 1 is 1.45 bits per heavy atom. The molecular formula is C7H10O4. The number of carbonyl (C=O) groups is 2. The molecule has 0 spiro atoms. The Bertz CT molecular complexity index is 162.